The predicted octanol–water partition coefficient (Wildman–Crippen LogP) is 6.04. The lowest BCUT2D eigenvalue weighted by Crippen LogP contribution is -2.43. The summed E-state index contributed by atoms with van der Waals surface area (Å²) in [6, 6.07) is 14.1. The average molecular weight is 597 g/mol. The van der Waals surface area contributed by atoms with E-state index in [0.29, 0.717) is 34.0 Å². The van der Waals surface area contributed by atoms with Gasteiger partial charge >= 0.3 is 6.09 Å². The third-order valence-electron chi connectivity index (χ3n) is 7.05. The molecule has 1 aliphatic heterocycles. The van der Waals surface area contributed by atoms with E-state index in [1.807, 2.05) is 24.3 Å². The lowest BCUT2D eigenvalue weighted by Gasteiger charge is -2.24. The maximum Gasteiger partial charge on any atom is 0.421 e. The molecule has 0 radical (unpaired) electrons. The highest BCUT2D eigenvalue weighted by molar-refractivity contribution is 7.90. The van der Waals surface area contributed by atoms with Crippen LogP contribution in [0.3, 0.4) is 0 Å². The minimum absolute atomic E-state index is 0.278. The number of carbonyl (C=O) groups is 2. The van der Waals surface area contributed by atoms with E-state index >= 15 is 0 Å². The summed E-state index contributed by atoms with van der Waals surface area (Å²) in [6.45, 7) is 10.6. The van der Waals surface area contributed by atoms with Crippen LogP contribution in [-0.4, -0.2) is 42.2 Å². The summed E-state index contributed by atoms with van der Waals surface area (Å²) in [6.07, 6.45) is 3.83. The number of benzene rings is 2. The van der Waals surface area contributed by atoms with Gasteiger partial charge in [-0.25, -0.2) is 28.1 Å². The molecule has 43 heavy (non-hydrogen) atoms. The van der Waals surface area contributed by atoms with Crippen LogP contribution in [0.4, 0.5) is 22.0 Å². The van der Waals surface area contributed by atoms with Crippen LogP contribution in [0, 0.1) is 18.8 Å². The van der Waals surface area contributed by atoms with Crippen LogP contribution >= 0.6 is 0 Å². The van der Waals surface area contributed by atoms with Gasteiger partial charge in [0.15, 0.2) is 9.84 Å². The summed E-state index contributed by atoms with van der Waals surface area (Å²) in [5.74, 6) is 6.45. The molecule has 0 unspecified atom stereocenters. The van der Waals surface area contributed by atoms with Crippen LogP contribution in [0.2, 0.25) is 0 Å². The van der Waals surface area contributed by atoms with Crippen LogP contribution in [-0.2, 0) is 24.8 Å². The number of aromatic nitrogens is 2. The fraction of sp³-hybridized carbons (Fsp3) is 0.273. The number of nitrogens with one attached hydrogen (secondary N) is 1. The molecule has 5 rings (SSSR count). The first-order valence-electron chi connectivity index (χ1n) is 13.6. The molecule has 0 spiro atoms. The second kappa shape index (κ2) is 10.5. The van der Waals surface area contributed by atoms with Gasteiger partial charge in [-0.05, 0) is 101 Å². The Morgan fingerprint density at radius 1 is 1.02 bits per heavy atom. The molecular weight excluding hydrogens is 564 g/mol. The van der Waals surface area contributed by atoms with Crippen molar-refractivity contribution in [2.75, 3.05) is 16.5 Å². The Morgan fingerprint density at radius 2 is 1.77 bits per heavy atom. The third kappa shape index (κ3) is 5.94. The number of carbonyl (C=O) groups excluding carboxylic acids is 2. The molecule has 2 amide bonds. The molecule has 0 saturated heterocycles. The van der Waals surface area contributed by atoms with Gasteiger partial charge in [0.05, 0.1) is 16.0 Å². The molecule has 10 heteroatoms. The molecule has 9 nitrogen and oxygen atoms in total. The fourth-order valence-corrected chi connectivity index (χ4v) is 5.93. The molecule has 220 valence electrons. The summed E-state index contributed by atoms with van der Waals surface area (Å²) in [4.78, 5) is 36.6. The van der Waals surface area contributed by atoms with Crippen molar-refractivity contribution < 1.29 is 22.7 Å². The lowest BCUT2D eigenvalue weighted by molar-refractivity contribution is -0.121. The van der Waals surface area contributed by atoms with Crippen LogP contribution in [0.1, 0.15) is 57.0 Å². The number of pyridine rings is 2. The van der Waals surface area contributed by atoms with Gasteiger partial charge in [-0.15, -0.1) is 0 Å². The van der Waals surface area contributed by atoms with E-state index in [1.165, 1.54) is 6.26 Å². The van der Waals surface area contributed by atoms with Crippen molar-refractivity contribution in [1.82, 2.24) is 9.97 Å². The normalized spacial score (nSPS) is 14.2. The zero-order chi connectivity index (χ0) is 31.3. The number of hydrogen-bond acceptors (Lipinski definition) is 8. The molecule has 1 N–H and O–H groups in total. The zero-order valence-corrected chi connectivity index (χ0v) is 25.9. The van der Waals surface area contributed by atoms with Crippen molar-refractivity contribution in [3.05, 3.63) is 83.3 Å². The van der Waals surface area contributed by atoms with Crippen LogP contribution in [0.15, 0.2) is 65.8 Å². The predicted molar refractivity (Wildman–Crippen MR) is 166 cm³/mol. The number of rotatable bonds is 3. The Hall–Kier alpha value is -4.75. The molecule has 0 aliphatic carbocycles. The molecule has 0 atom stereocenters. The van der Waals surface area contributed by atoms with Crippen molar-refractivity contribution in [1.29, 1.82) is 0 Å². The highest BCUT2D eigenvalue weighted by atomic mass is 32.2. The Balaban J connectivity index is 1.48. The van der Waals surface area contributed by atoms with Gasteiger partial charge in [0.1, 0.15) is 17.1 Å². The fourth-order valence-electron chi connectivity index (χ4n) is 4.97. The molecule has 0 fully saturated rings. The number of fused-ring (bicyclic) bond motifs is 2. The quantitative estimate of drug-likeness (QED) is 0.284. The molecule has 0 saturated carbocycles. The van der Waals surface area contributed by atoms with Crippen molar-refractivity contribution in [3.63, 3.8) is 0 Å². The van der Waals surface area contributed by atoms with Crippen molar-refractivity contribution in [2.24, 2.45) is 0 Å². The second-order valence-electron chi connectivity index (χ2n) is 12.1. The van der Waals surface area contributed by atoms with Gasteiger partial charge in [-0.1, -0.05) is 12.0 Å². The largest absolute Gasteiger partial charge is 0.443 e. The molecule has 2 aromatic heterocycles. The maximum absolute atomic E-state index is 13.2. The SMILES string of the molecule is Cc1cc(Nc2cc3c(C#Cc4ccc5c(c4)N(C(=O)OC(C)(C)C)C(=O)C5(C)C)nccc3cn2)ccc1S(C)(=O)=O. The number of anilines is 3. The van der Waals surface area contributed by atoms with Crippen molar-refractivity contribution >= 4 is 49.8 Å². The van der Waals surface area contributed by atoms with Gasteiger partial charge in [0, 0.05) is 40.7 Å². The summed E-state index contributed by atoms with van der Waals surface area (Å²) in [7, 11) is -3.32. The van der Waals surface area contributed by atoms with Crippen LogP contribution in [0.5, 0.6) is 0 Å². The number of amides is 2. The average Bonchev–Trinajstić information content (AvgIpc) is 3.10. The summed E-state index contributed by atoms with van der Waals surface area (Å²) >= 11 is 0. The van der Waals surface area contributed by atoms with Crippen molar-refractivity contribution in [2.45, 2.75) is 57.5 Å². The zero-order valence-electron chi connectivity index (χ0n) is 25.1. The Labute approximate surface area is 251 Å². The minimum atomic E-state index is -3.32. The monoisotopic (exact) mass is 596 g/mol. The molecule has 3 heterocycles. The highest BCUT2D eigenvalue weighted by Crippen LogP contribution is 2.42. The molecule has 4 aromatic rings. The van der Waals surface area contributed by atoms with E-state index in [2.05, 4.69) is 27.1 Å². The topological polar surface area (TPSA) is 119 Å². The van der Waals surface area contributed by atoms with Gasteiger partial charge in [0.25, 0.3) is 0 Å². The lowest BCUT2D eigenvalue weighted by atomic mass is 9.86. The number of aryl methyl sites for hydroxylation is 1. The van der Waals surface area contributed by atoms with E-state index < -0.39 is 26.9 Å². The number of hydrogen-bond donors (Lipinski definition) is 1. The van der Waals surface area contributed by atoms with Gasteiger partial charge in [0.2, 0.25) is 5.91 Å². The first-order valence-corrected chi connectivity index (χ1v) is 15.5. The number of ether oxygens (including phenoxy) is 1. The summed E-state index contributed by atoms with van der Waals surface area (Å²) in [5.41, 5.74) is 1.97. The Kier molecular flexibility index (Phi) is 7.27. The molecular formula is C33H32N4O5S. The summed E-state index contributed by atoms with van der Waals surface area (Å²) < 4.78 is 29.5. The first kappa shape index (κ1) is 29.7. The molecule has 1 aliphatic rings. The third-order valence-corrected chi connectivity index (χ3v) is 8.30. The smallest absolute Gasteiger partial charge is 0.421 e. The Morgan fingerprint density at radius 3 is 2.44 bits per heavy atom. The number of imide groups is 1. The van der Waals surface area contributed by atoms with E-state index in [9.17, 15) is 18.0 Å². The van der Waals surface area contributed by atoms with Crippen LogP contribution in [0.25, 0.3) is 10.8 Å². The highest BCUT2D eigenvalue weighted by Gasteiger charge is 2.48. The second-order valence-corrected chi connectivity index (χ2v) is 14.0. The van der Waals surface area contributed by atoms with E-state index in [-0.39, 0.29) is 10.8 Å². The van der Waals surface area contributed by atoms with Crippen molar-refractivity contribution in [3.8, 4) is 11.8 Å². The maximum atomic E-state index is 13.2. The summed E-state index contributed by atoms with van der Waals surface area (Å²) in [5, 5.41) is 4.83. The molecule has 0 bridgehead atoms. The minimum Gasteiger partial charge on any atom is -0.443 e. The van der Waals surface area contributed by atoms with E-state index in [4.69, 9.17) is 4.74 Å². The molecule has 2 aromatic carbocycles. The number of nitrogens with zero attached hydrogens (tertiary/aromatic N) is 3. The Bertz CT molecular complexity index is 1980. The van der Waals surface area contributed by atoms with E-state index in [1.54, 1.807) is 78.2 Å². The number of sulfone groups is 1. The first-order chi connectivity index (χ1) is 20.0. The van der Waals surface area contributed by atoms with Crippen LogP contribution < -0.4 is 10.2 Å². The van der Waals surface area contributed by atoms with Gasteiger partial charge < -0.3 is 10.1 Å². The standard InChI is InChI=1S/C33H32N4O5S/c1-20-16-23(10-13-28(20)43(7,40)41)36-29-18-24-22(19-35-29)14-15-34-26(24)12-9-21-8-11-25-27(17-21)37(30(38)33(25,5)6)31(39)42-32(2,3)4/h8,10-11,13-19H,1-7H3,(H,35,36). The van der Waals surface area contributed by atoms with Gasteiger partial charge in [-0.2, -0.15) is 0 Å². The van der Waals surface area contributed by atoms with E-state index in [0.717, 1.165) is 21.2 Å². The van der Waals surface area contributed by atoms with Gasteiger partial charge in [-0.3, -0.25) is 4.79 Å².